The molecule has 12 heteroatoms. The lowest BCUT2D eigenvalue weighted by Crippen LogP contribution is -2.51. The molecule has 3 aromatic rings. The molecule has 0 heterocycles. The molecule has 2 amide bonds. The Morgan fingerprint density at radius 2 is 1.66 bits per heavy atom. The Morgan fingerprint density at radius 3 is 2.25 bits per heavy atom. The van der Waals surface area contributed by atoms with Crippen LogP contribution in [0.3, 0.4) is 0 Å². The molecule has 0 bridgehead atoms. The molecule has 0 aliphatic carbocycles. The van der Waals surface area contributed by atoms with E-state index in [2.05, 4.69) is 5.32 Å². The molecule has 8 nitrogen and oxygen atoms in total. The number of sulfonamides is 1. The Kier molecular flexibility index (Phi) is 13.2. The van der Waals surface area contributed by atoms with E-state index in [1.165, 1.54) is 22.4 Å². The number of carbonyl (C=O) groups is 2. The molecule has 0 radical (unpaired) electrons. The third-order valence-electron chi connectivity index (χ3n) is 6.89. The number of hydrogen-bond acceptors (Lipinski definition) is 5. The van der Waals surface area contributed by atoms with Crippen LogP contribution in [0, 0.1) is 5.92 Å². The van der Waals surface area contributed by atoms with Crippen LogP contribution in [0.1, 0.15) is 37.8 Å². The van der Waals surface area contributed by atoms with Gasteiger partial charge in [-0.2, -0.15) is 0 Å². The lowest BCUT2D eigenvalue weighted by Gasteiger charge is -2.32. The Balaban J connectivity index is 1.91. The van der Waals surface area contributed by atoms with Crippen molar-refractivity contribution >= 4 is 62.3 Å². The maximum atomic E-state index is 14.0. The summed E-state index contributed by atoms with van der Waals surface area (Å²) in [5, 5.41) is 4.06. The zero-order chi connectivity index (χ0) is 32.4. The Labute approximate surface area is 275 Å². The first-order chi connectivity index (χ1) is 20.8. The monoisotopic (exact) mass is 681 g/mol. The van der Waals surface area contributed by atoms with Crippen molar-refractivity contribution in [2.24, 2.45) is 5.92 Å². The average molecular weight is 683 g/mol. The van der Waals surface area contributed by atoms with Gasteiger partial charge in [-0.3, -0.25) is 13.9 Å². The number of nitrogens with one attached hydrogen (secondary N) is 1. The van der Waals surface area contributed by atoms with Crippen molar-refractivity contribution in [1.82, 2.24) is 10.2 Å². The average Bonchev–Trinajstić information content (AvgIpc) is 2.96. The molecule has 0 saturated heterocycles. The number of amides is 2. The topological polar surface area (TPSA) is 96.0 Å². The molecule has 0 spiro atoms. The van der Waals surface area contributed by atoms with Crippen LogP contribution in [-0.4, -0.2) is 57.6 Å². The summed E-state index contributed by atoms with van der Waals surface area (Å²) in [5.41, 5.74) is 1.87. The van der Waals surface area contributed by atoms with Gasteiger partial charge in [0.15, 0.2) is 0 Å². The van der Waals surface area contributed by atoms with Gasteiger partial charge in [-0.25, -0.2) is 8.42 Å². The third-order valence-corrected chi connectivity index (χ3v) is 8.96. The van der Waals surface area contributed by atoms with E-state index in [1.807, 2.05) is 44.2 Å². The zero-order valence-electron chi connectivity index (χ0n) is 25.2. The summed E-state index contributed by atoms with van der Waals surface area (Å²) in [6, 6.07) is 18.3. The maximum Gasteiger partial charge on any atom is 0.243 e. The number of anilines is 1. The summed E-state index contributed by atoms with van der Waals surface area (Å²) in [7, 11) is -2.23. The number of benzene rings is 3. The van der Waals surface area contributed by atoms with Crippen LogP contribution in [0.5, 0.6) is 5.75 Å². The van der Waals surface area contributed by atoms with Gasteiger partial charge >= 0.3 is 0 Å². The van der Waals surface area contributed by atoms with Gasteiger partial charge < -0.3 is 15.0 Å². The van der Waals surface area contributed by atoms with Crippen LogP contribution in [0.4, 0.5) is 5.69 Å². The molecule has 0 aromatic heterocycles. The highest BCUT2D eigenvalue weighted by atomic mass is 35.5. The number of nitrogens with zero attached hydrogens (tertiary/aromatic N) is 2. The summed E-state index contributed by atoms with van der Waals surface area (Å²) < 4.78 is 31.8. The fraction of sp³-hybridized carbons (Fsp3) is 0.375. The van der Waals surface area contributed by atoms with Crippen LogP contribution < -0.4 is 14.4 Å². The van der Waals surface area contributed by atoms with Crippen LogP contribution in [0.25, 0.3) is 0 Å². The van der Waals surface area contributed by atoms with Crippen molar-refractivity contribution in [2.75, 3.05) is 30.8 Å². The third kappa shape index (κ3) is 10.3. The predicted octanol–water partition coefficient (Wildman–Crippen LogP) is 6.61. The maximum absolute atomic E-state index is 14.0. The summed E-state index contributed by atoms with van der Waals surface area (Å²) in [5.74, 6) is 0.0138. The van der Waals surface area contributed by atoms with E-state index in [0.717, 1.165) is 11.8 Å². The molecule has 1 atom stereocenters. The summed E-state index contributed by atoms with van der Waals surface area (Å²) in [6.45, 7) is 4.51. The van der Waals surface area contributed by atoms with Gasteiger partial charge in [-0.1, -0.05) is 85.0 Å². The fourth-order valence-electron chi connectivity index (χ4n) is 4.62. The summed E-state index contributed by atoms with van der Waals surface area (Å²) >= 11 is 18.9. The largest absolute Gasteiger partial charge is 0.495 e. The Morgan fingerprint density at radius 1 is 0.955 bits per heavy atom. The van der Waals surface area contributed by atoms with Gasteiger partial charge in [0.05, 0.1) is 24.1 Å². The quantitative estimate of drug-likeness (QED) is 0.195. The highest BCUT2D eigenvalue weighted by Crippen LogP contribution is 2.31. The number of carbonyl (C=O) groups excluding carboxylic acids is 2. The second-order valence-electron chi connectivity index (χ2n) is 10.9. The van der Waals surface area contributed by atoms with Crippen LogP contribution in [0.15, 0.2) is 66.7 Å². The van der Waals surface area contributed by atoms with Gasteiger partial charge in [0.25, 0.3) is 0 Å². The second kappa shape index (κ2) is 16.4. The molecule has 3 rings (SSSR count). The second-order valence-corrected chi connectivity index (χ2v) is 14.0. The van der Waals surface area contributed by atoms with Gasteiger partial charge in [-0.05, 0) is 53.8 Å². The van der Waals surface area contributed by atoms with Gasteiger partial charge in [0.2, 0.25) is 21.8 Å². The summed E-state index contributed by atoms with van der Waals surface area (Å²) in [6.07, 6.45) is 1.54. The van der Waals surface area contributed by atoms with Gasteiger partial charge in [0.1, 0.15) is 11.8 Å². The molecule has 1 N–H and O–H groups in total. The van der Waals surface area contributed by atoms with E-state index >= 15 is 0 Å². The van der Waals surface area contributed by atoms with Gasteiger partial charge in [0, 0.05) is 42.5 Å². The van der Waals surface area contributed by atoms with Crippen molar-refractivity contribution in [3.8, 4) is 5.75 Å². The molecule has 44 heavy (non-hydrogen) atoms. The number of ether oxygens (including phenoxy) is 1. The number of rotatable bonds is 15. The van der Waals surface area contributed by atoms with E-state index in [-0.39, 0.29) is 55.1 Å². The van der Waals surface area contributed by atoms with E-state index < -0.39 is 16.1 Å². The van der Waals surface area contributed by atoms with Crippen molar-refractivity contribution in [2.45, 2.75) is 45.7 Å². The van der Waals surface area contributed by atoms with Crippen molar-refractivity contribution < 1.29 is 22.7 Å². The smallest absolute Gasteiger partial charge is 0.243 e. The van der Waals surface area contributed by atoms with E-state index in [4.69, 9.17) is 39.5 Å². The van der Waals surface area contributed by atoms with E-state index in [0.29, 0.717) is 33.6 Å². The normalized spacial score (nSPS) is 12.1. The van der Waals surface area contributed by atoms with E-state index in [9.17, 15) is 18.0 Å². The molecule has 238 valence electrons. The van der Waals surface area contributed by atoms with Gasteiger partial charge in [-0.15, -0.1) is 0 Å². The number of methoxy groups -OCH3 is 1. The lowest BCUT2D eigenvalue weighted by atomic mass is 10.0. The zero-order valence-corrected chi connectivity index (χ0v) is 28.3. The van der Waals surface area contributed by atoms with Crippen molar-refractivity contribution in [3.63, 3.8) is 0 Å². The first-order valence-corrected chi connectivity index (χ1v) is 17.1. The van der Waals surface area contributed by atoms with Crippen LogP contribution in [0.2, 0.25) is 15.1 Å². The number of halogens is 3. The highest BCUT2D eigenvalue weighted by Gasteiger charge is 2.31. The van der Waals surface area contributed by atoms with Crippen LogP contribution >= 0.6 is 34.8 Å². The first kappa shape index (κ1) is 35.5. The first-order valence-electron chi connectivity index (χ1n) is 14.2. The molecule has 1 unspecified atom stereocenters. The standard InChI is InChI=1S/C32H38Cl3N3O5S/c1-22(2)20-36-32(40)29(17-23-9-6-5-7-10-23)37(21-24-12-13-25(33)18-27(24)34)31(39)11-8-16-38(44(4,41)42)26-14-15-30(43-3)28(35)19-26/h5-7,9-10,12-15,18-19,22,29H,8,11,16-17,20-21H2,1-4H3,(H,36,40). The van der Waals surface area contributed by atoms with E-state index in [1.54, 1.807) is 30.3 Å². The Bertz CT molecular complexity index is 1540. The molecule has 0 aliphatic rings. The Hall–Kier alpha value is -2.98. The fourth-order valence-corrected chi connectivity index (χ4v) is 6.30. The minimum absolute atomic E-state index is 0.0195. The SMILES string of the molecule is COc1ccc(N(CCCC(=O)N(Cc2ccc(Cl)cc2Cl)C(Cc2ccccc2)C(=O)NCC(C)C)S(C)(=O)=O)cc1Cl. The molecular formula is C32H38Cl3N3O5S. The molecule has 0 saturated carbocycles. The van der Waals surface area contributed by atoms with Crippen molar-refractivity contribution in [3.05, 3.63) is 92.9 Å². The predicted molar refractivity (Wildman–Crippen MR) is 178 cm³/mol. The molecule has 0 fully saturated rings. The molecule has 3 aromatic carbocycles. The minimum atomic E-state index is -3.70. The van der Waals surface area contributed by atoms with Crippen LogP contribution in [-0.2, 0) is 32.6 Å². The molecular weight excluding hydrogens is 645 g/mol. The molecule has 0 aliphatic heterocycles. The lowest BCUT2D eigenvalue weighted by molar-refractivity contribution is -0.141. The summed E-state index contributed by atoms with van der Waals surface area (Å²) in [4.78, 5) is 29.1. The minimum Gasteiger partial charge on any atom is -0.495 e. The highest BCUT2D eigenvalue weighted by molar-refractivity contribution is 7.92. The number of hydrogen-bond donors (Lipinski definition) is 1. The van der Waals surface area contributed by atoms with Crippen molar-refractivity contribution in [1.29, 1.82) is 0 Å².